The topological polar surface area (TPSA) is 0 Å². The minimum atomic E-state index is 1.24. The molecule has 9 heavy (non-hydrogen) atoms. The Morgan fingerprint density at radius 2 is 1.56 bits per heavy atom. The lowest BCUT2D eigenvalue weighted by Crippen LogP contribution is -1.82. The third kappa shape index (κ3) is 4.50. The summed E-state index contributed by atoms with van der Waals surface area (Å²) in [5.41, 5.74) is 0. The van der Waals surface area contributed by atoms with Crippen LogP contribution in [0, 0.1) is 0 Å². The lowest BCUT2D eigenvalue weighted by molar-refractivity contribution is 1.78. The summed E-state index contributed by atoms with van der Waals surface area (Å²) in [6, 6.07) is 10.1. The second-order valence-corrected chi connectivity index (χ2v) is 2.08. The molecule has 2 heteroatoms. The van der Waals surface area contributed by atoms with Gasteiger partial charge in [0.1, 0.15) is 0 Å². The molecule has 1 rings (SSSR count). The molecule has 0 heterocycles. The molecule has 50 valence electrons. The van der Waals surface area contributed by atoms with E-state index in [1.807, 2.05) is 30.3 Å². The zero-order chi connectivity index (χ0) is 7.11. The zero-order valence-electron chi connectivity index (χ0n) is 5.41. The summed E-state index contributed by atoms with van der Waals surface area (Å²) in [4.78, 5) is 0. The number of rotatable bonds is 0. The molecular formula is C7H11PS. The van der Waals surface area contributed by atoms with E-state index in [1.54, 1.807) is 6.26 Å². The first-order chi connectivity index (χ1) is 4.39. The molecular weight excluding hydrogens is 147 g/mol. The lowest BCUT2D eigenvalue weighted by atomic mass is 10.4. The maximum atomic E-state index is 3.53. The van der Waals surface area contributed by atoms with Crippen molar-refractivity contribution >= 4 is 27.2 Å². The molecule has 1 atom stereocenters. The van der Waals surface area contributed by atoms with Crippen LogP contribution in [0.4, 0.5) is 0 Å². The molecule has 0 fully saturated rings. The fraction of sp³-hybridized carbons (Fsp3) is 0.143. The van der Waals surface area contributed by atoms with E-state index in [-0.39, 0.29) is 0 Å². The lowest BCUT2D eigenvalue weighted by Gasteiger charge is -1.82. The second kappa shape index (κ2) is 6.12. The summed E-state index contributed by atoms with van der Waals surface area (Å²) in [6.45, 7) is 0. The van der Waals surface area contributed by atoms with Crippen molar-refractivity contribution in [1.29, 1.82) is 0 Å². The van der Waals surface area contributed by atoms with E-state index in [0.717, 1.165) is 0 Å². The van der Waals surface area contributed by atoms with Crippen LogP contribution in [0.25, 0.3) is 0 Å². The largest absolute Gasteiger partial charge is 0.183 e. The summed E-state index contributed by atoms with van der Waals surface area (Å²) < 4.78 is 0. The second-order valence-electron chi connectivity index (χ2n) is 1.41. The smallest absolute Gasteiger partial charge is 0.0215 e. The molecule has 0 N–H and O–H groups in total. The minimum absolute atomic E-state index is 1.24. The third-order valence-corrected chi connectivity index (χ3v) is 1.18. The van der Waals surface area contributed by atoms with Crippen LogP contribution in [0.1, 0.15) is 0 Å². The van der Waals surface area contributed by atoms with Crippen LogP contribution in [-0.2, 0) is 0 Å². The zero-order valence-corrected chi connectivity index (χ0v) is 7.46. The summed E-state index contributed by atoms with van der Waals surface area (Å²) in [7, 11) is 2.63. The molecule has 1 aromatic rings. The average Bonchev–Trinajstić information content (AvgIpc) is 1.94. The molecule has 0 aromatic heterocycles. The first-order valence-electron chi connectivity index (χ1n) is 2.65. The van der Waals surface area contributed by atoms with Gasteiger partial charge in [-0.3, -0.25) is 0 Å². The van der Waals surface area contributed by atoms with E-state index in [9.17, 15) is 0 Å². The Morgan fingerprint density at radius 1 is 1.11 bits per heavy atom. The van der Waals surface area contributed by atoms with Gasteiger partial charge in [0, 0.05) is 0 Å². The molecule has 0 bridgehead atoms. The molecule has 0 radical (unpaired) electrons. The van der Waals surface area contributed by atoms with Gasteiger partial charge in [0.25, 0.3) is 0 Å². The van der Waals surface area contributed by atoms with Crippen molar-refractivity contribution in [3.8, 4) is 0 Å². The van der Waals surface area contributed by atoms with Crippen LogP contribution in [0.3, 0.4) is 0 Å². The molecule has 0 spiro atoms. The number of benzene rings is 1. The molecule has 0 aliphatic rings. The maximum absolute atomic E-state index is 3.53. The molecule has 0 nitrogen and oxygen atoms in total. The Hall–Kier alpha value is 0. The first kappa shape index (κ1) is 9.00. The predicted molar refractivity (Wildman–Crippen MR) is 50.7 cm³/mol. The fourth-order valence-corrected chi connectivity index (χ4v) is 0.675. The van der Waals surface area contributed by atoms with E-state index in [0.29, 0.717) is 0 Å². The summed E-state index contributed by atoms with van der Waals surface area (Å²) >= 11 is 3.53. The van der Waals surface area contributed by atoms with Gasteiger partial charge >= 0.3 is 0 Å². The molecule has 1 unspecified atom stereocenters. The monoisotopic (exact) mass is 158 g/mol. The molecule has 1 aromatic carbocycles. The van der Waals surface area contributed by atoms with E-state index in [1.165, 1.54) is 5.30 Å². The van der Waals surface area contributed by atoms with Crippen molar-refractivity contribution in [1.82, 2.24) is 0 Å². The Bertz CT molecular complexity index is 139. The van der Waals surface area contributed by atoms with E-state index in [2.05, 4.69) is 21.9 Å². The number of hydrogen-bond donors (Lipinski definition) is 1. The predicted octanol–water partition coefficient (Wildman–Crippen LogP) is 1.73. The van der Waals surface area contributed by atoms with Crippen LogP contribution in [-0.4, -0.2) is 6.26 Å². The van der Waals surface area contributed by atoms with E-state index in [4.69, 9.17) is 0 Å². The molecule has 0 amide bonds. The van der Waals surface area contributed by atoms with Gasteiger partial charge in [-0.2, -0.15) is 12.6 Å². The van der Waals surface area contributed by atoms with Gasteiger partial charge in [0.2, 0.25) is 0 Å². The Kier molecular flexibility index (Phi) is 6.12. The van der Waals surface area contributed by atoms with Crippen LogP contribution < -0.4 is 5.30 Å². The van der Waals surface area contributed by atoms with Crippen LogP contribution in [0.2, 0.25) is 0 Å². The highest BCUT2D eigenvalue weighted by Crippen LogP contribution is 1.86. The van der Waals surface area contributed by atoms with Crippen molar-refractivity contribution < 1.29 is 0 Å². The van der Waals surface area contributed by atoms with Gasteiger partial charge in [-0.25, -0.2) is 0 Å². The summed E-state index contributed by atoms with van der Waals surface area (Å²) in [5.74, 6) is 0. The number of hydrogen-bond acceptors (Lipinski definition) is 1. The van der Waals surface area contributed by atoms with Crippen LogP contribution in [0.15, 0.2) is 30.3 Å². The molecule has 0 saturated heterocycles. The highest BCUT2D eigenvalue weighted by molar-refractivity contribution is 7.79. The highest BCUT2D eigenvalue weighted by Gasteiger charge is 1.72. The van der Waals surface area contributed by atoms with Crippen molar-refractivity contribution in [3.05, 3.63) is 30.3 Å². The normalized spacial score (nSPS) is 7.44. The SMILES string of the molecule is CS.Pc1ccccc1. The highest BCUT2D eigenvalue weighted by atomic mass is 32.1. The van der Waals surface area contributed by atoms with Gasteiger partial charge in [-0.15, -0.1) is 9.24 Å². The van der Waals surface area contributed by atoms with Crippen molar-refractivity contribution in [2.45, 2.75) is 0 Å². The Morgan fingerprint density at radius 3 is 1.78 bits per heavy atom. The van der Waals surface area contributed by atoms with Gasteiger partial charge in [0.05, 0.1) is 0 Å². The molecule has 0 saturated carbocycles. The van der Waals surface area contributed by atoms with Crippen molar-refractivity contribution in [2.24, 2.45) is 0 Å². The van der Waals surface area contributed by atoms with Crippen LogP contribution >= 0.6 is 21.9 Å². The average molecular weight is 158 g/mol. The van der Waals surface area contributed by atoms with Crippen LogP contribution in [0.5, 0.6) is 0 Å². The Balaban J connectivity index is 0.000000291. The first-order valence-corrected chi connectivity index (χ1v) is 4.12. The fourth-order valence-electron chi connectivity index (χ4n) is 0.453. The van der Waals surface area contributed by atoms with Gasteiger partial charge in [0.15, 0.2) is 0 Å². The van der Waals surface area contributed by atoms with Crippen molar-refractivity contribution in [2.75, 3.05) is 6.26 Å². The van der Waals surface area contributed by atoms with E-state index < -0.39 is 0 Å². The standard InChI is InChI=1S/C6H7P.CH4S/c7-6-4-2-1-3-5-6;1-2/h1-5H,7H2;2H,1H3. The summed E-state index contributed by atoms with van der Waals surface area (Å²) in [6.07, 6.45) is 1.69. The molecule has 0 aliphatic heterocycles. The molecule has 0 aliphatic carbocycles. The number of thiol groups is 1. The Labute approximate surface area is 64.3 Å². The quantitative estimate of drug-likeness (QED) is 0.431. The minimum Gasteiger partial charge on any atom is -0.183 e. The van der Waals surface area contributed by atoms with Gasteiger partial charge in [-0.05, 0) is 11.6 Å². The van der Waals surface area contributed by atoms with Crippen molar-refractivity contribution in [3.63, 3.8) is 0 Å². The maximum Gasteiger partial charge on any atom is -0.0215 e. The van der Waals surface area contributed by atoms with Gasteiger partial charge < -0.3 is 0 Å². The third-order valence-electron chi connectivity index (χ3n) is 0.800. The van der Waals surface area contributed by atoms with Gasteiger partial charge in [-0.1, -0.05) is 30.3 Å². The summed E-state index contributed by atoms with van der Waals surface area (Å²) in [5, 5.41) is 1.24. The van der Waals surface area contributed by atoms with E-state index >= 15 is 0 Å².